The molecule has 312 valence electrons. The van der Waals surface area contributed by atoms with Crippen LogP contribution in [0.2, 0.25) is 5.28 Å². The number of hydrogen-bond acceptors (Lipinski definition) is 22. The van der Waals surface area contributed by atoms with E-state index in [4.69, 9.17) is 58.3 Å². The summed E-state index contributed by atoms with van der Waals surface area (Å²) in [7, 11) is 0. The van der Waals surface area contributed by atoms with Crippen molar-refractivity contribution < 1.29 is 58.7 Å². The minimum atomic E-state index is -1.32. The topological polar surface area (TPSA) is 378 Å². The van der Waals surface area contributed by atoms with E-state index in [1.807, 2.05) is 0 Å². The molecule has 0 radical (unpaired) electrons. The maximum atomic E-state index is 13.2. The summed E-state index contributed by atoms with van der Waals surface area (Å²) in [5.74, 6) is -0.0116. The number of aromatic nitrogens is 12. The van der Waals surface area contributed by atoms with Crippen LogP contribution in [0.3, 0.4) is 0 Å². The Morgan fingerprint density at radius 3 is 1.43 bits per heavy atom. The molecule has 58 heavy (non-hydrogen) atoms. The minimum absolute atomic E-state index is 0.0176. The van der Waals surface area contributed by atoms with Gasteiger partial charge < -0.3 is 67.2 Å². The molecule has 25 nitrogen and oxygen atoms in total. The summed E-state index contributed by atoms with van der Waals surface area (Å²) in [5, 5.41) is 66.2. The number of ether oxygens (including phenoxy) is 3. The molecule has 0 amide bonds. The van der Waals surface area contributed by atoms with Crippen molar-refractivity contribution in [3.05, 3.63) is 36.4 Å². The molecule has 6 aromatic heterocycles. The molecule has 10 atom stereocenters. The number of nitrogens with zero attached hydrogens (tertiary/aromatic N) is 12. The average Bonchev–Trinajstić information content (AvgIpc) is 4.04. The van der Waals surface area contributed by atoms with Crippen LogP contribution in [-0.2, 0) is 14.2 Å². The number of fused-ring (bicyclic) bond motifs is 3. The van der Waals surface area contributed by atoms with Crippen molar-refractivity contribution in [3.63, 3.8) is 0 Å². The van der Waals surface area contributed by atoms with E-state index in [0.29, 0.717) is 17.6 Å². The first-order valence-corrected chi connectivity index (χ1v) is 17.6. The number of aliphatic hydroxyl groups excluding tert-OH is 7. The Bertz CT molecular complexity index is 2300. The van der Waals surface area contributed by atoms with Crippen LogP contribution in [0.4, 0.5) is 26.2 Å². The van der Waals surface area contributed by atoms with Gasteiger partial charge in [-0.15, -0.1) is 0 Å². The molecule has 3 saturated heterocycles. The van der Waals surface area contributed by atoms with Gasteiger partial charge in [-0.05, 0) is 11.6 Å². The van der Waals surface area contributed by atoms with E-state index < -0.39 is 80.2 Å². The highest BCUT2D eigenvalue weighted by Gasteiger charge is 2.44. The van der Waals surface area contributed by atoms with Crippen LogP contribution in [0.15, 0.2) is 19.0 Å². The molecular formula is C30H36ClF2N15O10. The lowest BCUT2D eigenvalue weighted by Gasteiger charge is -2.16. The molecule has 9 rings (SSSR count). The molecule has 0 aliphatic carbocycles. The lowest BCUT2D eigenvalue weighted by molar-refractivity contribution is -0.0511. The molecule has 0 bridgehead atoms. The molecule has 0 aromatic carbocycles. The number of rotatable bonds is 6. The van der Waals surface area contributed by atoms with Crippen LogP contribution < -0.4 is 17.2 Å². The lowest BCUT2D eigenvalue weighted by Crippen LogP contribution is -2.33. The first-order valence-electron chi connectivity index (χ1n) is 17.2. The fourth-order valence-corrected chi connectivity index (χ4v) is 6.72. The maximum Gasteiger partial charge on any atom is 0.312 e. The number of aliphatic hydroxyl groups is 7. The van der Waals surface area contributed by atoms with E-state index >= 15 is 0 Å². The predicted molar refractivity (Wildman–Crippen MR) is 190 cm³/mol. The summed E-state index contributed by atoms with van der Waals surface area (Å²) >= 11 is 5.77. The van der Waals surface area contributed by atoms with Gasteiger partial charge in [0.2, 0.25) is 5.28 Å². The Labute approximate surface area is 327 Å². The number of nitrogen functional groups attached to an aromatic ring is 3. The highest BCUT2D eigenvalue weighted by atomic mass is 35.5. The van der Waals surface area contributed by atoms with E-state index in [2.05, 4.69) is 44.9 Å². The highest BCUT2D eigenvalue weighted by Crippen LogP contribution is 2.34. The van der Waals surface area contributed by atoms with E-state index in [9.17, 15) is 29.2 Å². The van der Waals surface area contributed by atoms with Gasteiger partial charge in [0, 0.05) is 12.8 Å². The number of imidazole rings is 3. The summed E-state index contributed by atoms with van der Waals surface area (Å²) in [4.78, 5) is 33.8. The Kier molecular flexibility index (Phi) is 11.7. The van der Waals surface area contributed by atoms with Gasteiger partial charge in [-0.3, -0.25) is 13.7 Å². The SMILES string of the molecule is Nc1nc(Cl)nc2c1ncn2[C@H]1C[C@H](O)[C@@H](CO)O1.Nc1nc(F)nc2c1ncn2[C@@H]1O[C@H](CO)[C@@H](O)[C@@H]1O.Nc1nc(F)nc2c1ncn2[C@H]1C[C@H](O)[C@@H](CO)O1. The van der Waals surface area contributed by atoms with Crippen molar-refractivity contribution in [1.82, 2.24) is 58.6 Å². The summed E-state index contributed by atoms with van der Waals surface area (Å²) in [6.07, 6.45) is -5.72. The van der Waals surface area contributed by atoms with Gasteiger partial charge in [-0.25, -0.2) is 15.0 Å². The Hall–Kier alpha value is -5.20. The summed E-state index contributed by atoms with van der Waals surface area (Å²) in [5.41, 5.74) is 18.3. The maximum absolute atomic E-state index is 13.2. The standard InChI is InChI=1S/C10H12ClN5O3.C10H12FN5O4.C10H12FN5O3/c11-10-14-8(12)7-9(15-10)16(3-13-7)6-1-4(18)5(2-17)19-6;11-10-14-7(12)4-8(15-10)16(2-13-4)9-6(19)5(18)3(1-17)20-9;11-10-14-8(12)7-9(15-10)16(3-13-7)6-1-4(18)5(2-17)19-6/h3-6,17-18H,1-2H2,(H2,12,14,15);2-3,5-6,9,17-19H,1H2,(H2,12,14,15);3-6,17-18H,1-2H2,(H2,12,14,15)/t4-,5+,6+;3-,5-,6+,9-;4-,5+,6+/m010/s1. The third-order valence-electron chi connectivity index (χ3n) is 9.44. The average molecular weight is 840 g/mol. The number of nitrogens with two attached hydrogens (primary N) is 3. The molecule has 6 aromatic rings. The van der Waals surface area contributed by atoms with Crippen molar-refractivity contribution in [2.45, 2.75) is 74.3 Å². The second-order valence-electron chi connectivity index (χ2n) is 13.1. The van der Waals surface area contributed by atoms with Gasteiger partial charge >= 0.3 is 12.2 Å². The van der Waals surface area contributed by atoms with Gasteiger partial charge in [0.25, 0.3) is 0 Å². The number of anilines is 3. The monoisotopic (exact) mass is 839 g/mol. The number of hydrogen-bond donors (Lipinski definition) is 10. The molecular weight excluding hydrogens is 804 g/mol. The van der Waals surface area contributed by atoms with Crippen LogP contribution in [-0.4, -0.2) is 157 Å². The summed E-state index contributed by atoms with van der Waals surface area (Å²) < 4.78 is 47.0. The van der Waals surface area contributed by atoms with E-state index in [-0.39, 0.29) is 64.7 Å². The van der Waals surface area contributed by atoms with Gasteiger partial charge in [-0.2, -0.15) is 38.7 Å². The van der Waals surface area contributed by atoms with Gasteiger partial charge in [0.1, 0.15) is 48.5 Å². The quantitative estimate of drug-likeness (QED) is 0.0749. The first-order chi connectivity index (χ1) is 27.7. The molecule has 3 aliphatic rings. The molecule has 0 spiro atoms. The summed E-state index contributed by atoms with van der Waals surface area (Å²) in [6, 6.07) is 0. The van der Waals surface area contributed by atoms with Crippen LogP contribution in [0.5, 0.6) is 0 Å². The van der Waals surface area contributed by atoms with Gasteiger partial charge in [0.15, 0.2) is 51.7 Å². The largest absolute Gasteiger partial charge is 0.394 e. The second kappa shape index (κ2) is 16.6. The summed E-state index contributed by atoms with van der Waals surface area (Å²) in [6.45, 7) is -1.01. The van der Waals surface area contributed by atoms with Crippen molar-refractivity contribution in [3.8, 4) is 0 Å². The van der Waals surface area contributed by atoms with Gasteiger partial charge in [-0.1, -0.05) is 0 Å². The van der Waals surface area contributed by atoms with Crippen LogP contribution >= 0.6 is 11.6 Å². The molecule has 3 aliphatic heterocycles. The Balaban J connectivity index is 0.000000132. The van der Waals surface area contributed by atoms with E-state index in [1.165, 1.54) is 28.1 Å². The van der Waals surface area contributed by atoms with E-state index in [0.717, 1.165) is 0 Å². The van der Waals surface area contributed by atoms with Crippen molar-refractivity contribution >= 4 is 62.5 Å². The van der Waals surface area contributed by atoms with Gasteiger partial charge in [0.05, 0.1) is 51.0 Å². The zero-order valence-electron chi connectivity index (χ0n) is 29.6. The minimum Gasteiger partial charge on any atom is -0.394 e. The smallest absolute Gasteiger partial charge is 0.312 e. The van der Waals surface area contributed by atoms with Crippen molar-refractivity contribution in [2.24, 2.45) is 0 Å². The normalized spacial score (nSPS) is 28.2. The predicted octanol–water partition coefficient (Wildman–Crippen LogP) is -2.95. The Morgan fingerprint density at radius 2 is 1.00 bits per heavy atom. The van der Waals surface area contributed by atoms with Crippen molar-refractivity contribution in [2.75, 3.05) is 37.0 Å². The fraction of sp³-hybridized carbons (Fsp3) is 0.500. The van der Waals surface area contributed by atoms with E-state index in [1.54, 1.807) is 4.57 Å². The molecule has 3 fully saturated rings. The second-order valence-corrected chi connectivity index (χ2v) is 13.4. The third kappa shape index (κ3) is 7.71. The van der Waals surface area contributed by atoms with Crippen LogP contribution in [0, 0.1) is 12.2 Å². The fourth-order valence-electron chi connectivity index (χ4n) is 6.55. The number of halogens is 3. The van der Waals surface area contributed by atoms with Crippen molar-refractivity contribution in [1.29, 1.82) is 0 Å². The molecule has 0 unspecified atom stereocenters. The molecule has 13 N–H and O–H groups in total. The first kappa shape index (κ1) is 41.0. The Morgan fingerprint density at radius 1 is 0.586 bits per heavy atom. The van der Waals surface area contributed by atoms with Crippen LogP contribution in [0.1, 0.15) is 31.5 Å². The zero-order valence-corrected chi connectivity index (χ0v) is 30.4. The molecule has 9 heterocycles. The third-order valence-corrected chi connectivity index (χ3v) is 9.61. The lowest BCUT2D eigenvalue weighted by atomic mass is 10.1. The molecule has 0 saturated carbocycles. The molecule has 28 heteroatoms. The highest BCUT2D eigenvalue weighted by molar-refractivity contribution is 6.28. The zero-order chi connectivity index (χ0) is 41.6. The van der Waals surface area contributed by atoms with Crippen LogP contribution in [0.25, 0.3) is 33.5 Å².